The van der Waals surface area contributed by atoms with E-state index < -0.39 is 0 Å². The van der Waals surface area contributed by atoms with Crippen molar-refractivity contribution in [1.82, 2.24) is 14.8 Å². The van der Waals surface area contributed by atoms with Crippen molar-refractivity contribution in [2.45, 2.75) is 6.54 Å². The van der Waals surface area contributed by atoms with E-state index in [1.54, 1.807) is 11.3 Å². The Hall–Kier alpha value is -2.31. The number of benzene rings is 1. The molecule has 0 aliphatic rings. The molecule has 3 rings (SSSR count). The Kier molecular flexibility index (Phi) is 5.73. The molecule has 0 unspecified atom stereocenters. The summed E-state index contributed by atoms with van der Waals surface area (Å²) in [7, 11) is 3.98. The molecule has 0 saturated carbocycles. The van der Waals surface area contributed by atoms with Crippen molar-refractivity contribution >= 4 is 27.5 Å². The van der Waals surface area contributed by atoms with Gasteiger partial charge in [0.25, 0.3) is 5.91 Å². The number of amides is 1. The van der Waals surface area contributed by atoms with Gasteiger partial charge in [-0.3, -0.25) is 4.79 Å². The maximum atomic E-state index is 12.6. The summed E-state index contributed by atoms with van der Waals surface area (Å²) < 4.78 is 8.96. The number of nitrogens with one attached hydrogen (secondary N) is 1. The van der Waals surface area contributed by atoms with E-state index in [9.17, 15) is 4.79 Å². The zero-order valence-corrected chi connectivity index (χ0v) is 15.4. The molecule has 0 fully saturated rings. The van der Waals surface area contributed by atoms with Gasteiger partial charge in [-0.25, -0.2) is 0 Å². The number of hydrogen-bond donors (Lipinski definition) is 1. The number of thiophene rings is 1. The van der Waals surface area contributed by atoms with Gasteiger partial charge in [0.05, 0.1) is 16.8 Å². The fourth-order valence-electron chi connectivity index (χ4n) is 2.66. The average Bonchev–Trinajstić information content (AvgIpc) is 3.17. The first-order valence-corrected chi connectivity index (χ1v) is 9.20. The average molecular weight is 357 g/mol. The number of hydrogen-bond acceptors (Lipinski definition) is 4. The molecule has 1 amide bonds. The number of aromatic nitrogens is 1. The van der Waals surface area contributed by atoms with Crippen molar-refractivity contribution in [2.75, 3.05) is 33.8 Å². The fourth-order valence-corrected chi connectivity index (χ4v) is 3.48. The minimum atomic E-state index is -0.0371. The van der Waals surface area contributed by atoms with Gasteiger partial charge in [0.1, 0.15) is 18.1 Å². The Morgan fingerprint density at radius 2 is 2.04 bits per heavy atom. The van der Waals surface area contributed by atoms with Crippen LogP contribution in [0.5, 0.6) is 5.75 Å². The summed E-state index contributed by atoms with van der Waals surface area (Å²) in [6.07, 6.45) is 0. The predicted molar refractivity (Wildman–Crippen MR) is 103 cm³/mol. The van der Waals surface area contributed by atoms with Crippen LogP contribution in [0.3, 0.4) is 0 Å². The van der Waals surface area contributed by atoms with E-state index in [1.807, 2.05) is 65.3 Å². The minimum absolute atomic E-state index is 0.0371. The van der Waals surface area contributed by atoms with Gasteiger partial charge in [0.15, 0.2) is 0 Å². The summed E-state index contributed by atoms with van der Waals surface area (Å²) in [4.78, 5) is 14.6. The van der Waals surface area contributed by atoms with Crippen LogP contribution in [-0.2, 0) is 6.54 Å². The standard InChI is InChI=1S/C19H23N3O2S/c1-21(2)10-9-20-19(23)17-14-18-16(8-13-25-18)22(17)11-12-24-15-6-4-3-5-7-15/h3-8,13-14H,9-12H2,1-2H3,(H,20,23). The summed E-state index contributed by atoms with van der Waals surface area (Å²) in [6, 6.07) is 13.8. The second kappa shape index (κ2) is 8.18. The number of ether oxygens (including phenoxy) is 1. The number of fused-ring (bicyclic) bond motifs is 1. The van der Waals surface area contributed by atoms with Crippen molar-refractivity contribution in [1.29, 1.82) is 0 Å². The zero-order valence-electron chi connectivity index (χ0n) is 14.6. The quantitative estimate of drug-likeness (QED) is 0.674. The lowest BCUT2D eigenvalue weighted by atomic mass is 10.3. The molecule has 0 spiro atoms. The van der Waals surface area contributed by atoms with Crippen molar-refractivity contribution in [2.24, 2.45) is 0 Å². The van der Waals surface area contributed by atoms with Crippen LogP contribution in [0.15, 0.2) is 47.8 Å². The molecule has 3 aromatic rings. The van der Waals surface area contributed by atoms with Gasteiger partial charge in [0, 0.05) is 13.1 Å². The van der Waals surface area contributed by atoms with Crippen molar-refractivity contribution < 1.29 is 9.53 Å². The first-order chi connectivity index (χ1) is 12.1. The Morgan fingerprint density at radius 1 is 1.24 bits per heavy atom. The van der Waals surface area contributed by atoms with Crippen LogP contribution in [-0.4, -0.2) is 49.2 Å². The first kappa shape index (κ1) is 17.5. The third-order valence-electron chi connectivity index (χ3n) is 3.93. The molecular weight excluding hydrogens is 334 g/mol. The van der Waals surface area contributed by atoms with E-state index in [0.717, 1.165) is 22.5 Å². The number of para-hydroxylation sites is 1. The molecule has 25 heavy (non-hydrogen) atoms. The Balaban J connectivity index is 1.69. The Labute approximate surface area is 151 Å². The van der Waals surface area contributed by atoms with Crippen LogP contribution in [0.1, 0.15) is 10.5 Å². The fraction of sp³-hybridized carbons (Fsp3) is 0.316. The highest BCUT2D eigenvalue weighted by molar-refractivity contribution is 7.17. The number of rotatable bonds is 8. The molecule has 1 N–H and O–H groups in total. The lowest BCUT2D eigenvalue weighted by Gasteiger charge is -2.13. The van der Waals surface area contributed by atoms with E-state index >= 15 is 0 Å². The normalized spacial score (nSPS) is 11.2. The summed E-state index contributed by atoms with van der Waals surface area (Å²) >= 11 is 1.65. The molecule has 1 aromatic carbocycles. The van der Waals surface area contributed by atoms with E-state index in [1.165, 1.54) is 0 Å². The maximum Gasteiger partial charge on any atom is 0.268 e. The van der Waals surface area contributed by atoms with Gasteiger partial charge in [-0.05, 0) is 43.7 Å². The molecule has 2 heterocycles. The SMILES string of the molecule is CN(C)CCNC(=O)c1cc2sccc2n1CCOc1ccccc1. The molecule has 6 heteroatoms. The number of nitrogens with zero attached hydrogens (tertiary/aromatic N) is 2. The Morgan fingerprint density at radius 3 is 2.80 bits per heavy atom. The first-order valence-electron chi connectivity index (χ1n) is 8.32. The summed E-state index contributed by atoms with van der Waals surface area (Å²) in [5.41, 5.74) is 1.77. The van der Waals surface area contributed by atoms with E-state index in [4.69, 9.17) is 4.74 Å². The van der Waals surface area contributed by atoms with Crippen LogP contribution in [0.2, 0.25) is 0 Å². The molecule has 0 atom stereocenters. The molecule has 0 aliphatic heterocycles. The van der Waals surface area contributed by atoms with Crippen molar-refractivity contribution in [3.63, 3.8) is 0 Å². The van der Waals surface area contributed by atoms with Crippen LogP contribution < -0.4 is 10.1 Å². The Bertz CT molecular complexity index is 824. The summed E-state index contributed by atoms with van der Waals surface area (Å²) in [6.45, 7) is 2.59. The molecular formula is C19H23N3O2S. The monoisotopic (exact) mass is 357 g/mol. The highest BCUT2D eigenvalue weighted by Gasteiger charge is 2.16. The van der Waals surface area contributed by atoms with Crippen LogP contribution >= 0.6 is 11.3 Å². The molecule has 2 aromatic heterocycles. The predicted octanol–water partition coefficient (Wildman–Crippen LogP) is 3.07. The lowest BCUT2D eigenvalue weighted by molar-refractivity contribution is 0.0941. The third kappa shape index (κ3) is 4.41. The van der Waals surface area contributed by atoms with Crippen molar-refractivity contribution in [3.8, 4) is 5.75 Å². The van der Waals surface area contributed by atoms with Gasteiger partial charge in [-0.15, -0.1) is 11.3 Å². The van der Waals surface area contributed by atoms with E-state index in [2.05, 4.69) is 11.4 Å². The van der Waals surface area contributed by atoms with E-state index in [0.29, 0.717) is 25.4 Å². The van der Waals surface area contributed by atoms with Crippen LogP contribution in [0.25, 0.3) is 10.2 Å². The van der Waals surface area contributed by atoms with Gasteiger partial charge in [0.2, 0.25) is 0 Å². The van der Waals surface area contributed by atoms with Crippen molar-refractivity contribution in [3.05, 3.63) is 53.5 Å². The second-order valence-corrected chi connectivity index (χ2v) is 7.02. The smallest absolute Gasteiger partial charge is 0.268 e. The molecule has 132 valence electrons. The minimum Gasteiger partial charge on any atom is -0.492 e. The summed E-state index contributed by atoms with van der Waals surface area (Å²) in [5.74, 6) is 0.804. The van der Waals surface area contributed by atoms with Gasteiger partial charge in [-0.1, -0.05) is 18.2 Å². The topological polar surface area (TPSA) is 46.5 Å². The van der Waals surface area contributed by atoms with Gasteiger partial charge >= 0.3 is 0 Å². The third-order valence-corrected chi connectivity index (χ3v) is 4.78. The van der Waals surface area contributed by atoms with Crippen LogP contribution in [0, 0.1) is 0 Å². The largest absolute Gasteiger partial charge is 0.492 e. The summed E-state index contributed by atoms with van der Waals surface area (Å²) in [5, 5.41) is 5.04. The number of likely N-dealkylation sites (N-methyl/N-ethyl adjacent to an activating group) is 1. The zero-order chi connectivity index (χ0) is 17.6. The lowest BCUT2D eigenvalue weighted by Crippen LogP contribution is -2.32. The van der Waals surface area contributed by atoms with Gasteiger partial charge < -0.3 is 19.5 Å². The molecule has 0 radical (unpaired) electrons. The maximum absolute atomic E-state index is 12.6. The van der Waals surface area contributed by atoms with Gasteiger partial charge in [-0.2, -0.15) is 0 Å². The highest BCUT2D eigenvalue weighted by Crippen LogP contribution is 2.25. The van der Waals surface area contributed by atoms with Crippen LogP contribution in [0.4, 0.5) is 0 Å². The molecule has 5 nitrogen and oxygen atoms in total. The molecule has 0 saturated heterocycles. The number of carbonyl (C=O) groups excluding carboxylic acids is 1. The van der Waals surface area contributed by atoms with E-state index in [-0.39, 0.29) is 5.91 Å². The highest BCUT2D eigenvalue weighted by atomic mass is 32.1. The molecule has 0 bridgehead atoms. The number of carbonyl (C=O) groups is 1. The molecule has 0 aliphatic carbocycles. The second-order valence-electron chi connectivity index (χ2n) is 6.07.